The van der Waals surface area contributed by atoms with Crippen molar-refractivity contribution in [3.63, 3.8) is 0 Å². The van der Waals surface area contributed by atoms with Gasteiger partial charge in [0.15, 0.2) is 5.78 Å². The first-order chi connectivity index (χ1) is 19.5. The summed E-state index contributed by atoms with van der Waals surface area (Å²) in [5.41, 5.74) is 6.61. The van der Waals surface area contributed by atoms with Gasteiger partial charge in [0.2, 0.25) is 0 Å². The molecule has 0 spiro atoms. The minimum atomic E-state index is 0. The summed E-state index contributed by atoms with van der Waals surface area (Å²) in [6, 6.07) is 17.0. The van der Waals surface area contributed by atoms with Crippen LogP contribution in [0.4, 0.5) is 0 Å². The van der Waals surface area contributed by atoms with Crippen molar-refractivity contribution >= 4 is 16.6 Å². The molecule has 4 heteroatoms. The fourth-order valence-corrected chi connectivity index (χ4v) is 8.42. The Morgan fingerprint density at radius 1 is 0.952 bits per heavy atom. The first-order valence-electron chi connectivity index (χ1n) is 15.8. The van der Waals surface area contributed by atoms with E-state index in [1.54, 1.807) is 0 Å². The zero-order chi connectivity index (χ0) is 29.3. The summed E-state index contributed by atoms with van der Waals surface area (Å²) in [5, 5.41) is 12.1. The third kappa shape index (κ3) is 7.43. The Morgan fingerprint density at radius 2 is 1.52 bits per heavy atom. The van der Waals surface area contributed by atoms with E-state index in [-0.39, 0.29) is 31.6 Å². The first-order valence-corrected chi connectivity index (χ1v) is 15.8. The van der Waals surface area contributed by atoms with Crippen LogP contribution >= 0.6 is 0 Å². The summed E-state index contributed by atoms with van der Waals surface area (Å²) in [7, 11) is 0. The number of aliphatic hydroxyl groups is 1. The van der Waals surface area contributed by atoms with Gasteiger partial charge in [0.25, 0.3) is 0 Å². The molecule has 1 N–H and O–H groups in total. The summed E-state index contributed by atoms with van der Waals surface area (Å²) in [5.74, 6) is 3.85. The molecule has 0 unspecified atom stereocenters. The Bertz CT molecular complexity index is 1380. The van der Waals surface area contributed by atoms with Gasteiger partial charge in [-0.1, -0.05) is 65.8 Å². The Labute approximate surface area is 267 Å². The molecule has 3 nitrogen and oxygen atoms in total. The van der Waals surface area contributed by atoms with Crippen LogP contribution in [-0.2, 0) is 30.3 Å². The monoisotopic (exact) mass is 743 g/mol. The molecule has 0 saturated heterocycles. The van der Waals surface area contributed by atoms with Crippen molar-refractivity contribution in [2.75, 3.05) is 0 Å². The van der Waals surface area contributed by atoms with E-state index in [1.165, 1.54) is 72.1 Å². The normalized spacial score (nSPS) is 24.5. The molecule has 2 aromatic carbocycles. The van der Waals surface area contributed by atoms with Crippen molar-refractivity contribution in [1.29, 1.82) is 0 Å². The first kappa shape index (κ1) is 32.6. The molecule has 0 atom stereocenters. The molecule has 7 rings (SSSR count). The quantitative estimate of drug-likeness (QED) is 0.149. The summed E-state index contributed by atoms with van der Waals surface area (Å²) >= 11 is 0. The predicted octanol–water partition coefficient (Wildman–Crippen LogP) is 9.87. The Hall–Kier alpha value is -2.29. The Morgan fingerprint density at radius 3 is 2.07 bits per heavy atom. The number of ketones is 1. The molecular weight excluding hydrogens is 695 g/mol. The average Bonchev–Trinajstić information content (AvgIpc) is 2.86. The van der Waals surface area contributed by atoms with Crippen LogP contribution in [0.15, 0.2) is 54.4 Å². The summed E-state index contributed by atoms with van der Waals surface area (Å²) in [6.07, 6.45) is 13.3. The number of hydrogen-bond acceptors (Lipinski definition) is 3. The molecule has 0 aliphatic heterocycles. The van der Waals surface area contributed by atoms with Crippen LogP contribution in [0.3, 0.4) is 0 Å². The number of nitrogens with zero attached hydrogens (tertiary/aromatic N) is 1. The zero-order valence-electron chi connectivity index (χ0n) is 26.3. The number of aromatic nitrogens is 1. The van der Waals surface area contributed by atoms with E-state index < -0.39 is 0 Å². The maximum absolute atomic E-state index is 11.2. The van der Waals surface area contributed by atoms with Gasteiger partial charge in [0.1, 0.15) is 0 Å². The number of aliphatic hydroxyl groups excluding tert-OH is 1. The summed E-state index contributed by atoms with van der Waals surface area (Å²) in [4.78, 5) is 16.3. The van der Waals surface area contributed by atoms with Gasteiger partial charge < -0.3 is 10.1 Å². The third-order valence-corrected chi connectivity index (χ3v) is 9.36. The average molecular weight is 743 g/mol. The van der Waals surface area contributed by atoms with Crippen molar-refractivity contribution in [2.45, 2.75) is 98.3 Å². The van der Waals surface area contributed by atoms with Crippen molar-refractivity contribution in [2.24, 2.45) is 29.6 Å². The van der Waals surface area contributed by atoms with Crippen molar-refractivity contribution in [3.8, 4) is 11.3 Å². The fraction of sp³-hybridized carbons (Fsp3) is 0.526. The van der Waals surface area contributed by atoms with Crippen LogP contribution in [0, 0.1) is 49.5 Å². The number of allylic oxidation sites excluding steroid dienone is 2. The maximum atomic E-state index is 11.2. The second kappa shape index (κ2) is 13.6. The third-order valence-electron chi connectivity index (χ3n) is 9.36. The van der Waals surface area contributed by atoms with Gasteiger partial charge in [0, 0.05) is 45.2 Å². The van der Waals surface area contributed by atoms with Gasteiger partial charge in [-0.05, 0) is 95.6 Å². The van der Waals surface area contributed by atoms with Gasteiger partial charge in [0.05, 0.1) is 5.76 Å². The Balaban J connectivity index is 0.000000249. The topological polar surface area (TPSA) is 50.2 Å². The van der Waals surface area contributed by atoms with Crippen LogP contribution in [0.5, 0.6) is 0 Å². The number of hydrogen-bond donors (Lipinski definition) is 1. The number of rotatable bonds is 7. The van der Waals surface area contributed by atoms with E-state index in [2.05, 4.69) is 62.5 Å². The number of aryl methyl sites for hydroxylation is 2. The van der Waals surface area contributed by atoms with E-state index in [0.717, 1.165) is 29.0 Å². The number of benzene rings is 2. The standard InChI is InChI=1S/C27H28N.C11H20O2.Ir/c1-17-7-18(2)9-22(8-17)26-24-6-4-3-5-23(24)25(16-28-26)27-13-19-10-20(14-27)12-21(11-19)15-27;1-8(2)5-10(12)7-11(13)6-9(3)4;/h3-8,16,19-21H,10-15H2,1-2H3;7-9,12H,5-6H2,1-4H3;/q-1;;/b;10-7-;. The van der Waals surface area contributed by atoms with Gasteiger partial charge in [-0.15, -0.1) is 34.9 Å². The second-order valence-corrected chi connectivity index (χ2v) is 14.3. The van der Waals surface area contributed by atoms with E-state index in [1.807, 2.05) is 27.7 Å². The van der Waals surface area contributed by atoms with Crippen LogP contribution in [0.2, 0.25) is 0 Å². The molecule has 4 bridgehead atoms. The number of fused-ring (bicyclic) bond motifs is 1. The maximum Gasteiger partial charge on any atom is 0.159 e. The van der Waals surface area contributed by atoms with Crippen molar-refractivity contribution < 1.29 is 30.0 Å². The van der Waals surface area contributed by atoms with Crippen LogP contribution in [-0.4, -0.2) is 15.9 Å². The molecule has 1 radical (unpaired) electrons. The van der Waals surface area contributed by atoms with E-state index in [9.17, 15) is 9.90 Å². The number of pyridine rings is 1. The van der Waals surface area contributed by atoms with Gasteiger partial charge >= 0.3 is 0 Å². The van der Waals surface area contributed by atoms with Gasteiger partial charge in [-0.25, -0.2) is 0 Å². The van der Waals surface area contributed by atoms with E-state index in [4.69, 9.17) is 4.98 Å². The number of carbonyl (C=O) groups is 1. The SMILES string of the molecule is CC(C)CC(=O)/C=C(\O)CC(C)C.Cc1[c-]c(-c2ncc(C34CC5CC(CC(C5)C3)C4)c3ccccc23)cc(C)c1.[Ir]. The zero-order valence-corrected chi connectivity index (χ0v) is 28.7. The van der Waals surface area contributed by atoms with Crippen molar-refractivity contribution in [3.05, 3.63) is 77.2 Å². The summed E-state index contributed by atoms with van der Waals surface area (Å²) < 4.78 is 0. The van der Waals surface area contributed by atoms with Gasteiger partial charge in [-0.2, -0.15) is 0 Å². The molecule has 4 fully saturated rings. The predicted molar refractivity (Wildman–Crippen MR) is 170 cm³/mol. The van der Waals surface area contributed by atoms with Gasteiger partial charge in [-0.3, -0.25) is 4.79 Å². The van der Waals surface area contributed by atoms with Crippen LogP contribution < -0.4 is 0 Å². The molecule has 42 heavy (non-hydrogen) atoms. The smallest absolute Gasteiger partial charge is 0.159 e. The largest absolute Gasteiger partial charge is 0.512 e. The molecule has 4 saturated carbocycles. The van der Waals surface area contributed by atoms with Crippen molar-refractivity contribution in [1.82, 2.24) is 4.98 Å². The molecule has 4 aliphatic rings. The van der Waals surface area contributed by atoms with Crippen LogP contribution in [0.1, 0.15) is 95.8 Å². The molecule has 0 amide bonds. The van der Waals surface area contributed by atoms with Crippen LogP contribution in [0.25, 0.3) is 22.0 Å². The second-order valence-electron chi connectivity index (χ2n) is 14.3. The molecule has 227 valence electrons. The molecular formula is C38H48IrNO2-. The molecule has 3 aromatic rings. The number of carbonyl (C=O) groups excluding carboxylic acids is 1. The fourth-order valence-electron chi connectivity index (χ4n) is 8.42. The minimum Gasteiger partial charge on any atom is -0.512 e. The Kier molecular flexibility index (Phi) is 10.5. The molecule has 4 aliphatic carbocycles. The molecule has 1 aromatic heterocycles. The molecule has 1 heterocycles. The van der Waals surface area contributed by atoms with E-state index in [0.29, 0.717) is 30.1 Å². The summed E-state index contributed by atoms with van der Waals surface area (Å²) in [6.45, 7) is 12.3. The minimum absolute atomic E-state index is 0. The van der Waals surface area contributed by atoms with E-state index >= 15 is 0 Å².